The van der Waals surface area contributed by atoms with Crippen molar-refractivity contribution >= 4 is 34.4 Å². The lowest BCUT2D eigenvalue weighted by atomic mass is 9.95. The summed E-state index contributed by atoms with van der Waals surface area (Å²) < 4.78 is 16.5. The third-order valence-electron chi connectivity index (χ3n) is 6.52. The second-order valence-corrected chi connectivity index (χ2v) is 9.56. The number of aliphatic hydroxyl groups excluding tert-OH is 1. The van der Waals surface area contributed by atoms with Gasteiger partial charge in [0.25, 0.3) is 5.78 Å². The summed E-state index contributed by atoms with van der Waals surface area (Å²) in [6, 6.07) is 16.6. The van der Waals surface area contributed by atoms with E-state index < -0.39 is 17.7 Å². The summed E-state index contributed by atoms with van der Waals surface area (Å²) in [5.74, 6) is -0.288. The topological polar surface area (TPSA) is 114 Å². The molecule has 1 unspecified atom stereocenters. The summed E-state index contributed by atoms with van der Waals surface area (Å²) in [5, 5.41) is 11.5. The fourth-order valence-corrected chi connectivity index (χ4v) is 4.73. The molecule has 1 aliphatic rings. The van der Waals surface area contributed by atoms with Crippen LogP contribution in [0.4, 0.5) is 5.95 Å². The maximum absolute atomic E-state index is 13.5. The maximum atomic E-state index is 13.5. The molecular formula is C30H29N3O6. The number of nitrogens with zero attached hydrogens (tertiary/aromatic N) is 2. The van der Waals surface area contributed by atoms with E-state index in [0.717, 1.165) is 11.1 Å². The van der Waals surface area contributed by atoms with Gasteiger partial charge in [0.1, 0.15) is 11.5 Å². The quantitative estimate of drug-likeness (QED) is 0.190. The molecule has 5 rings (SSSR count). The molecule has 200 valence electrons. The molecule has 0 aliphatic carbocycles. The van der Waals surface area contributed by atoms with E-state index >= 15 is 0 Å². The van der Waals surface area contributed by atoms with Crippen molar-refractivity contribution in [2.45, 2.75) is 32.9 Å². The van der Waals surface area contributed by atoms with Crippen molar-refractivity contribution in [2.75, 3.05) is 19.1 Å². The van der Waals surface area contributed by atoms with Gasteiger partial charge in [0.15, 0.2) is 11.5 Å². The van der Waals surface area contributed by atoms with Crippen molar-refractivity contribution in [3.63, 3.8) is 0 Å². The second-order valence-electron chi connectivity index (χ2n) is 9.56. The van der Waals surface area contributed by atoms with Crippen molar-refractivity contribution < 1.29 is 28.9 Å². The molecule has 2 N–H and O–H groups in total. The van der Waals surface area contributed by atoms with Crippen LogP contribution in [0.3, 0.4) is 0 Å². The number of ether oxygens (including phenoxy) is 3. The molecule has 9 heteroatoms. The molecule has 1 aliphatic heterocycles. The van der Waals surface area contributed by atoms with Gasteiger partial charge in [-0.3, -0.25) is 14.5 Å². The van der Waals surface area contributed by atoms with E-state index in [1.165, 1.54) is 19.1 Å². The number of aromatic nitrogens is 2. The number of carbonyl (C=O) groups is 2. The first-order chi connectivity index (χ1) is 18.7. The summed E-state index contributed by atoms with van der Waals surface area (Å²) in [4.78, 5) is 36.1. The molecule has 1 fully saturated rings. The number of rotatable bonds is 7. The molecule has 4 aromatic rings. The van der Waals surface area contributed by atoms with E-state index in [0.29, 0.717) is 33.9 Å². The first kappa shape index (κ1) is 25.8. The van der Waals surface area contributed by atoms with Crippen LogP contribution in [0.1, 0.15) is 36.6 Å². The van der Waals surface area contributed by atoms with Crippen molar-refractivity contribution in [2.24, 2.45) is 0 Å². The number of aliphatic hydroxyl groups is 1. The SMILES string of the molecule is COc1ccc(/C(O)=C2\C(=O)C(=O)N(c3nc4ccc(C)cc4[nH]3)C2c2ccc(OC(C)C)cc2)cc1OC. The van der Waals surface area contributed by atoms with E-state index in [1.54, 1.807) is 42.5 Å². The van der Waals surface area contributed by atoms with Gasteiger partial charge in [-0.2, -0.15) is 0 Å². The zero-order valence-electron chi connectivity index (χ0n) is 22.3. The Morgan fingerprint density at radius 1 is 0.974 bits per heavy atom. The largest absolute Gasteiger partial charge is 0.507 e. The molecule has 1 atom stereocenters. The van der Waals surface area contributed by atoms with E-state index in [1.807, 2.05) is 39.0 Å². The number of ketones is 1. The van der Waals surface area contributed by atoms with Gasteiger partial charge in [0.2, 0.25) is 5.95 Å². The number of amides is 1. The number of hydrogen-bond acceptors (Lipinski definition) is 7. The predicted octanol–water partition coefficient (Wildman–Crippen LogP) is 5.30. The van der Waals surface area contributed by atoms with Crippen LogP contribution in [0.2, 0.25) is 0 Å². The monoisotopic (exact) mass is 527 g/mol. The minimum atomic E-state index is -0.951. The first-order valence-corrected chi connectivity index (χ1v) is 12.5. The van der Waals surface area contributed by atoms with Gasteiger partial charge in [0, 0.05) is 5.56 Å². The summed E-state index contributed by atoms with van der Waals surface area (Å²) in [6.07, 6.45) is -0.0226. The van der Waals surface area contributed by atoms with Crippen molar-refractivity contribution in [1.29, 1.82) is 0 Å². The molecule has 1 saturated heterocycles. The lowest BCUT2D eigenvalue weighted by Crippen LogP contribution is -2.30. The number of Topliss-reactive ketones (excluding diaryl/α,β-unsaturated/α-hetero) is 1. The van der Waals surface area contributed by atoms with E-state index in [9.17, 15) is 14.7 Å². The third kappa shape index (κ3) is 4.67. The number of fused-ring (bicyclic) bond motifs is 1. The average Bonchev–Trinajstić information content (AvgIpc) is 3.45. The van der Waals surface area contributed by atoms with E-state index in [4.69, 9.17) is 14.2 Å². The van der Waals surface area contributed by atoms with Gasteiger partial charge in [-0.25, -0.2) is 4.98 Å². The predicted molar refractivity (Wildman–Crippen MR) is 147 cm³/mol. The molecule has 9 nitrogen and oxygen atoms in total. The van der Waals surface area contributed by atoms with Crippen LogP contribution in [0, 0.1) is 6.92 Å². The Kier molecular flexibility index (Phi) is 6.74. The summed E-state index contributed by atoms with van der Waals surface area (Å²) in [7, 11) is 2.98. The van der Waals surface area contributed by atoms with Crippen LogP contribution in [0.15, 0.2) is 66.2 Å². The van der Waals surface area contributed by atoms with Crippen LogP contribution in [0.5, 0.6) is 17.2 Å². The minimum Gasteiger partial charge on any atom is -0.507 e. The number of aromatic amines is 1. The Balaban J connectivity index is 1.69. The number of carbonyl (C=O) groups excluding carboxylic acids is 2. The Bertz CT molecular complexity index is 1600. The summed E-state index contributed by atoms with van der Waals surface area (Å²) in [6.45, 7) is 5.81. The summed E-state index contributed by atoms with van der Waals surface area (Å²) in [5.41, 5.74) is 3.23. The highest BCUT2D eigenvalue weighted by molar-refractivity contribution is 6.51. The van der Waals surface area contributed by atoms with Gasteiger partial charge < -0.3 is 24.3 Å². The molecule has 1 amide bonds. The number of aryl methyl sites for hydroxylation is 1. The Labute approximate surface area is 225 Å². The molecule has 3 aromatic carbocycles. The fraction of sp³-hybridized carbons (Fsp3) is 0.233. The number of benzene rings is 3. The van der Waals surface area contributed by atoms with E-state index in [2.05, 4.69) is 9.97 Å². The third-order valence-corrected chi connectivity index (χ3v) is 6.52. The van der Waals surface area contributed by atoms with E-state index in [-0.39, 0.29) is 23.4 Å². The highest BCUT2D eigenvalue weighted by Gasteiger charge is 2.48. The van der Waals surface area contributed by atoms with Gasteiger partial charge in [-0.1, -0.05) is 18.2 Å². The van der Waals surface area contributed by atoms with Crippen LogP contribution in [-0.2, 0) is 9.59 Å². The zero-order valence-corrected chi connectivity index (χ0v) is 22.3. The minimum absolute atomic E-state index is 0.0226. The van der Waals surface area contributed by atoms with Crippen LogP contribution in [-0.4, -0.2) is 47.1 Å². The highest BCUT2D eigenvalue weighted by Crippen LogP contribution is 2.43. The van der Waals surface area contributed by atoms with Crippen LogP contribution < -0.4 is 19.1 Å². The molecular weight excluding hydrogens is 498 g/mol. The maximum Gasteiger partial charge on any atom is 0.302 e. The molecule has 0 radical (unpaired) electrons. The molecule has 0 saturated carbocycles. The molecule has 2 heterocycles. The number of imidazole rings is 1. The van der Waals surface area contributed by atoms with Gasteiger partial charge in [-0.05, 0) is 74.4 Å². The first-order valence-electron chi connectivity index (χ1n) is 12.5. The van der Waals surface area contributed by atoms with Crippen molar-refractivity contribution in [3.05, 3.63) is 82.9 Å². The van der Waals surface area contributed by atoms with Crippen LogP contribution in [0.25, 0.3) is 16.8 Å². The van der Waals surface area contributed by atoms with Crippen molar-refractivity contribution in [3.8, 4) is 17.2 Å². The second kappa shape index (κ2) is 10.2. The zero-order chi connectivity index (χ0) is 27.8. The van der Waals surface area contributed by atoms with Gasteiger partial charge >= 0.3 is 5.91 Å². The average molecular weight is 528 g/mol. The smallest absolute Gasteiger partial charge is 0.302 e. The number of H-pyrrole nitrogens is 1. The van der Waals surface area contributed by atoms with Crippen molar-refractivity contribution in [1.82, 2.24) is 9.97 Å². The lowest BCUT2D eigenvalue weighted by molar-refractivity contribution is -0.132. The molecule has 0 spiro atoms. The summed E-state index contributed by atoms with van der Waals surface area (Å²) >= 11 is 0. The van der Waals surface area contributed by atoms with Crippen LogP contribution >= 0.6 is 0 Å². The normalized spacial score (nSPS) is 16.8. The number of nitrogens with one attached hydrogen (secondary N) is 1. The van der Waals surface area contributed by atoms with Gasteiger partial charge in [-0.15, -0.1) is 0 Å². The Morgan fingerprint density at radius 3 is 2.36 bits per heavy atom. The molecule has 1 aromatic heterocycles. The Morgan fingerprint density at radius 2 is 1.69 bits per heavy atom. The highest BCUT2D eigenvalue weighted by atomic mass is 16.5. The number of anilines is 1. The lowest BCUT2D eigenvalue weighted by Gasteiger charge is -2.23. The van der Waals surface area contributed by atoms with Gasteiger partial charge in [0.05, 0.1) is 43.0 Å². The standard InChI is InChI=1S/C30H29N3O6/c1-16(2)39-20-10-7-18(8-11-20)26-25(27(34)19-9-13-23(37-4)24(15-19)38-5)28(35)29(36)33(26)30-31-21-12-6-17(3)14-22(21)32-30/h6-16,26,34H,1-5H3,(H,31,32)/b27-25+. The molecule has 0 bridgehead atoms. The number of methoxy groups -OCH3 is 2. The number of hydrogen-bond donors (Lipinski definition) is 2. The fourth-order valence-electron chi connectivity index (χ4n) is 4.73. The molecule has 39 heavy (non-hydrogen) atoms. The Hall–Kier alpha value is -4.79.